The van der Waals surface area contributed by atoms with Crippen LogP contribution in [-0.2, 0) is 0 Å². The molecule has 0 radical (unpaired) electrons. The van der Waals surface area contributed by atoms with E-state index in [9.17, 15) is 4.79 Å². The number of nitrogens with one attached hydrogen (secondary N) is 1. The average molecular weight is 512 g/mol. The summed E-state index contributed by atoms with van der Waals surface area (Å²) in [7, 11) is 5.83. The highest BCUT2D eigenvalue weighted by atomic mass is 16.5. The standard InChI is InChI=1S/C30H33N5O3/c1-33(2)14-6-13-31-24-19-25(35-17-15-34(16-18-35)20-9-11-21(37-3)12-10-20)28-27-26(24)29(36)22-7-4-5-8-23(22)30(27)38-32-28/h4-5,7-12,19,31H,6,13-18H2,1-3H3. The second-order valence-electron chi connectivity index (χ2n) is 10.2. The van der Waals surface area contributed by atoms with E-state index < -0.39 is 0 Å². The van der Waals surface area contributed by atoms with Crippen LogP contribution in [-0.4, -0.2) is 76.3 Å². The van der Waals surface area contributed by atoms with Crippen molar-refractivity contribution in [2.75, 3.05) is 75.6 Å². The molecule has 38 heavy (non-hydrogen) atoms. The number of benzene rings is 3. The maximum atomic E-state index is 13.7. The number of nitrogens with zero attached hydrogens (tertiary/aromatic N) is 4. The molecule has 1 aromatic heterocycles. The topological polar surface area (TPSA) is 74.1 Å². The fourth-order valence-electron chi connectivity index (χ4n) is 5.54. The predicted molar refractivity (Wildman–Crippen MR) is 152 cm³/mol. The molecule has 0 bridgehead atoms. The number of hydrogen-bond acceptors (Lipinski definition) is 8. The molecule has 8 nitrogen and oxygen atoms in total. The van der Waals surface area contributed by atoms with E-state index in [1.165, 1.54) is 5.69 Å². The summed E-state index contributed by atoms with van der Waals surface area (Å²) in [4.78, 5) is 20.7. The quantitative estimate of drug-likeness (QED) is 0.300. The van der Waals surface area contributed by atoms with E-state index >= 15 is 0 Å². The first-order valence-corrected chi connectivity index (χ1v) is 13.2. The molecule has 0 saturated carbocycles. The van der Waals surface area contributed by atoms with Gasteiger partial charge in [-0.25, -0.2) is 0 Å². The molecule has 0 unspecified atom stereocenters. The van der Waals surface area contributed by atoms with Gasteiger partial charge in [0.2, 0.25) is 0 Å². The number of methoxy groups -OCH3 is 1. The highest BCUT2D eigenvalue weighted by Crippen LogP contribution is 2.46. The van der Waals surface area contributed by atoms with Gasteiger partial charge in [0.05, 0.1) is 23.7 Å². The summed E-state index contributed by atoms with van der Waals surface area (Å²) in [6.07, 6.45) is 0.974. The molecule has 2 heterocycles. The molecule has 1 saturated heterocycles. The van der Waals surface area contributed by atoms with E-state index in [-0.39, 0.29) is 5.78 Å². The van der Waals surface area contributed by atoms with Crippen molar-refractivity contribution in [1.29, 1.82) is 0 Å². The molecule has 8 heteroatoms. The zero-order valence-electron chi connectivity index (χ0n) is 22.2. The van der Waals surface area contributed by atoms with Crippen molar-refractivity contribution < 1.29 is 14.1 Å². The van der Waals surface area contributed by atoms with Crippen LogP contribution >= 0.6 is 0 Å². The third kappa shape index (κ3) is 4.24. The summed E-state index contributed by atoms with van der Waals surface area (Å²) in [5.41, 5.74) is 5.95. The minimum absolute atomic E-state index is 0.0206. The molecule has 1 N–H and O–H groups in total. The minimum atomic E-state index is 0.0206. The van der Waals surface area contributed by atoms with Gasteiger partial charge in [-0.15, -0.1) is 0 Å². The first kappa shape index (κ1) is 24.3. The highest BCUT2D eigenvalue weighted by molar-refractivity contribution is 6.28. The number of ether oxygens (including phenoxy) is 1. The minimum Gasteiger partial charge on any atom is -0.497 e. The molecular weight excluding hydrogens is 478 g/mol. The van der Waals surface area contributed by atoms with Gasteiger partial charge in [0.15, 0.2) is 11.5 Å². The fourth-order valence-corrected chi connectivity index (χ4v) is 5.54. The Morgan fingerprint density at radius 2 is 1.71 bits per heavy atom. The Kier molecular flexibility index (Phi) is 6.41. The van der Waals surface area contributed by atoms with Gasteiger partial charge in [0.1, 0.15) is 11.3 Å². The van der Waals surface area contributed by atoms with Crippen molar-refractivity contribution in [3.05, 3.63) is 65.7 Å². The Morgan fingerprint density at radius 1 is 1.00 bits per heavy atom. The molecule has 0 amide bonds. The number of anilines is 3. The van der Waals surface area contributed by atoms with Gasteiger partial charge in [0.25, 0.3) is 0 Å². The van der Waals surface area contributed by atoms with Crippen molar-refractivity contribution in [3.63, 3.8) is 0 Å². The zero-order valence-corrected chi connectivity index (χ0v) is 22.2. The average Bonchev–Trinajstić information content (AvgIpc) is 3.39. The Hall–Kier alpha value is -4.04. The summed E-state index contributed by atoms with van der Waals surface area (Å²) in [6.45, 7) is 5.19. The van der Waals surface area contributed by atoms with Gasteiger partial charge in [-0.05, 0) is 57.4 Å². The lowest BCUT2D eigenvalue weighted by atomic mass is 9.86. The second-order valence-corrected chi connectivity index (χ2v) is 10.2. The lowest BCUT2D eigenvalue weighted by Gasteiger charge is -2.37. The van der Waals surface area contributed by atoms with Crippen LogP contribution in [0.15, 0.2) is 59.1 Å². The summed E-state index contributed by atoms with van der Waals surface area (Å²) in [5, 5.41) is 8.93. The number of fused-ring (bicyclic) bond motifs is 2. The number of piperazine rings is 1. The van der Waals surface area contributed by atoms with Gasteiger partial charge in [-0.3, -0.25) is 4.79 Å². The largest absolute Gasteiger partial charge is 0.497 e. The summed E-state index contributed by atoms with van der Waals surface area (Å²) in [6, 6.07) is 18.0. The number of rotatable bonds is 8. The third-order valence-electron chi connectivity index (χ3n) is 7.53. The maximum absolute atomic E-state index is 13.7. The number of carbonyl (C=O) groups excluding carboxylic acids is 1. The molecule has 0 spiro atoms. The van der Waals surface area contributed by atoms with Gasteiger partial charge < -0.3 is 29.3 Å². The Bertz CT molecular complexity index is 1470. The van der Waals surface area contributed by atoms with E-state index in [1.54, 1.807) is 7.11 Å². The van der Waals surface area contributed by atoms with Gasteiger partial charge in [0, 0.05) is 55.2 Å². The monoisotopic (exact) mass is 511 g/mol. The zero-order chi connectivity index (χ0) is 26.2. The smallest absolute Gasteiger partial charge is 0.196 e. The van der Waals surface area contributed by atoms with Gasteiger partial charge in [-0.2, -0.15) is 0 Å². The van der Waals surface area contributed by atoms with E-state index in [0.717, 1.165) is 79.3 Å². The SMILES string of the molecule is COc1ccc(N2CCN(c3cc(NCCCN(C)C)c4c5c(onc35)-c3ccccc3C4=O)CC2)cc1. The summed E-state index contributed by atoms with van der Waals surface area (Å²) < 4.78 is 11.3. The van der Waals surface area contributed by atoms with Crippen LogP contribution in [0.1, 0.15) is 22.3 Å². The Labute approximate surface area is 222 Å². The molecule has 0 atom stereocenters. The molecule has 1 aliphatic carbocycles. The first-order chi connectivity index (χ1) is 18.5. The number of carbonyl (C=O) groups is 1. The number of hydrogen-bond donors (Lipinski definition) is 1. The van der Waals surface area contributed by atoms with Crippen LogP contribution in [0.4, 0.5) is 17.1 Å². The lowest BCUT2D eigenvalue weighted by Crippen LogP contribution is -2.46. The Balaban J connectivity index is 1.34. The molecule has 4 aromatic rings. The lowest BCUT2D eigenvalue weighted by molar-refractivity contribution is 0.104. The maximum Gasteiger partial charge on any atom is 0.196 e. The third-order valence-corrected chi connectivity index (χ3v) is 7.53. The van der Waals surface area contributed by atoms with E-state index in [0.29, 0.717) is 16.9 Å². The molecule has 196 valence electrons. The van der Waals surface area contributed by atoms with Gasteiger partial charge >= 0.3 is 0 Å². The van der Waals surface area contributed by atoms with Crippen molar-refractivity contribution >= 4 is 33.7 Å². The molecule has 1 aliphatic heterocycles. The molecule has 6 rings (SSSR count). The van der Waals surface area contributed by atoms with Crippen LogP contribution in [0.2, 0.25) is 0 Å². The van der Waals surface area contributed by atoms with E-state index in [1.807, 2.05) is 36.4 Å². The second kappa shape index (κ2) is 10.0. The first-order valence-electron chi connectivity index (χ1n) is 13.2. The Morgan fingerprint density at radius 3 is 2.42 bits per heavy atom. The van der Waals surface area contributed by atoms with E-state index in [2.05, 4.69) is 57.5 Å². The molecular formula is C30H33N5O3. The van der Waals surface area contributed by atoms with Crippen molar-refractivity contribution in [1.82, 2.24) is 10.1 Å². The predicted octanol–water partition coefficient (Wildman–Crippen LogP) is 4.74. The van der Waals surface area contributed by atoms with Crippen LogP contribution in [0.25, 0.3) is 22.2 Å². The number of aromatic nitrogens is 1. The van der Waals surface area contributed by atoms with E-state index in [4.69, 9.17) is 9.26 Å². The normalized spacial score (nSPS) is 14.8. The number of ketones is 1. The van der Waals surface area contributed by atoms with Gasteiger partial charge in [-0.1, -0.05) is 29.4 Å². The van der Waals surface area contributed by atoms with Crippen molar-refractivity contribution in [2.45, 2.75) is 6.42 Å². The van der Waals surface area contributed by atoms with Crippen LogP contribution in [0, 0.1) is 0 Å². The van der Waals surface area contributed by atoms with Crippen molar-refractivity contribution in [3.8, 4) is 17.1 Å². The summed E-state index contributed by atoms with van der Waals surface area (Å²) >= 11 is 0. The molecule has 1 fully saturated rings. The van der Waals surface area contributed by atoms with Crippen molar-refractivity contribution in [2.24, 2.45) is 0 Å². The van der Waals surface area contributed by atoms with Crippen LogP contribution in [0.3, 0.4) is 0 Å². The highest BCUT2D eigenvalue weighted by Gasteiger charge is 2.34. The fraction of sp³-hybridized carbons (Fsp3) is 0.333. The summed E-state index contributed by atoms with van der Waals surface area (Å²) in [5.74, 6) is 1.56. The van der Waals surface area contributed by atoms with Crippen LogP contribution < -0.4 is 19.9 Å². The molecule has 3 aromatic carbocycles. The van der Waals surface area contributed by atoms with Crippen LogP contribution in [0.5, 0.6) is 5.75 Å². The molecule has 2 aliphatic rings.